The Morgan fingerprint density at radius 1 is 1.15 bits per heavy atom. The zero-order chi connectivity index (χ0) is 24.5. The van der Waals surface area contributed by atoms with Gasteiger partial charge >= 0.3 is 12.1 Å². The maximum Gasteiger partial charge on any atom is 0.408 e. The Balaban J connectivity index is 1.44. The van der Waals surface area contributed by atoms with E-state index < -0.39 is 18.1 Å². The molecule has 1 saturated heterocycles. The largest absolute Gasteiger partial charge is 0.467 e. The second-order valence-electron chi connectivity index (χ2n) is 11.5. The quantitative estimate of drug-likeness (QED) is 0.308. The van der Waals surface area contributed by atoms with Crippen LogP contribution in [0.3, 0.4) is 0 Å². The van der Waals surface area contributed by atoms with E-state index in [0.717, 1.165) is 51.6 Å². The highest BCUT2D eigenvalue weighted by molar-refractivity contribution is 5.81. The van der Waals surface area contributed by atoms with E-state index in [9.17, 15) is 9.59 Å². The number of ether oxygens (including phenoxy) is 4. The van der Waals surface area contributed by atoms with Crippen LogP contribution in [0.25, 0.3) is 0 Å². The molecular weight excluding hydrogens is 434 g/mol. The number of nitrogens with one attached hydrogen (secondary N) is 1. The molecule has 0 aromatic rings. The Kier molecular flexibility index (Phi) is 7.63. The highest BCUT2D eigenvalue weighted by Gasteiger charge is 2.70. The number of methoxy groups -OCH3 is 2. The topological polar surface area (TPSA) is 86.4 Å². The third kappa shape index (κ3) is 5.15. The summed E-state index contributed by atoms with van der Waals surface area (Å²) in [5.74, 6) is 0.470. The van der Waals surface area contributed by atoms with Gasteiger partial charge in [-0.15, -0.1) is 0 Å². The third-order valence-electron chi connectivity index (χ3n) is 8.99. The predicted octanol–water partition coefficient (Wildman–Crippen LogP) is 4.78. The first-order valence-electron chi connectivity index (χ1n) is 13.1. The van der Waals surface area contributed by atoms with Crippen LogP contribution in [-0.4, -0.2) is 56.7 Å². The first kappa shape index (κ1) is 25.5. The summed E-state index contributed by atoms with van der Waals surface area (Å²) in [7, 11) is 3.08. The van der Waals surface area contributed by atoms with E-state index in [1.54, 1.807) is 7.11 Å². The number of carbonyl (C=O) groups excluding carboxylic acids is 2. The molecule has 4 aliphatic rings. The fraction of sp³-hybridized carbons (Fsp3) is 0.852. The van der Waals surface area contributed by atoms with Crippen molar-refractivity contribution in [2.75, 3.05) is 20.8 Å². The summed E-state index contributed by atoms with van der Waals surface area (Å²) in [5, 5.41) is 2.85. The molecule has 1 N–H and O–H groups in total. The van der Waals surface area contributed by atoms with E-state index in [0.29, 0.717) is 12.3 Å². The smallest absolute Gasteiger partial charge is 0.408 e. The second-order valence-corrected chi connectivity index (χ2v) is 11.5. The molecule has 7 nitrogen and oxygen atoms in total. The molecular formula is C27H43NO6. The Bertz CT molecular complexity index is 782. The number of allylic oxidation sites excluding steroid dienone is 2. The van der Waals surface area contributed by atoms with Gasteiger partial charge in [-0.1, -0.05) is 37.8 Å². The SMILES string of the molecule is COC(=O)[C@H](NC(=O)O[C@@H]1CC[C@]2(CO2)[C@@H]([C@@]2(C)C[C@@H]2CC=C(C)C)[C@@H]1OC)C1CCCCC1. The normalized spacial score (nSPS) is 38.0. The van der Waals surface area contributed by atoms with Crippen molar-refractivity contribution >= 4 is 12.1 Å². The molecule has 1 spiro atoms. The number of hydrogen-bond acceptors (Lipinski definition) is 6. The number of amides is 1. The number of carbonyl (C=O) groups is 2. The summed E-state index contributed by atoms with van der Waals surface area (Å²) in [5.41, 5.74) is 1.30. The molecule has 34 heavy (non-hydrogen) atoms. The van der Waals surface area contributed by atoms with Gasteiger partial charge in [0.25, 0.3) is 0 Å². The molecule has 1 amide bonds. The van der Waals surface area contributed by atoms with Crippen molar-refractivity contribution in [3.63, 3.8) is 0 Å². The van der Waals surface area contributed by atoms with Gasteiger partial charge in [0.1, 0.15) is 18.2 Å². The van der Waals surface area contributed by atoms with Crippen LogP contribution in [0.15, 0.2) is 11.6 Å². The van der Waals surface area contributed by atoms with Crippen LogP contribution < -0.4 is 5.32 Å². The molecule has 3 aliphatic carbocycles. The van der Waals surface area contributed by atoms with E-state index in [2.05, 4.69) is 32.2 Å². The molecule has 7 atom stereocenters. The Labute approximate surface area is 204 Å². The van der Waals surface area contributed by atoms with Crippen LogP contribution in [0.4, 0.5) is 4.79 Å². The summed E-state index contributed by atoms with van der Waals surface area (Å²) >= 11 is 0. The van der Waals surface area contributed by atoms with Gasteiger partial charge in [0.2, 0.25) is 0 Å². The van der Waals surface area contributed by atoms with Crippen LogP contribution in [0.1, 0.15) is 78.6 Å². The monoisotopic (exact) mass is 477 g/mol. The molecule has 4 rings (SSSR count). The molecule has 7 heteroatoms. The highest BCUT2D eigenvalue weighted by atomic mass is 16.6. The van der Waals surface area contributed by atoms with Crippen LogP contribution in [0, 0.1) is 23.2 Å². The maximum atomic E-state index is 13.0. The lowest BCUT2D eigenvalue weighted by atomic mass is 9.67. The predicted molar refractivity (Wildman–Crippen MR) is 128 cm³/mol. The van der Waals surface area contributed by atoms with Crippen LogP contribution in [0.5, 0.6) is 0 Å². The van der Waals surface area contributed by atoms with Gasteiger partial charge in [0.15, 0.2) is 0 Å². The van der Waals surface area contributed by atoms with Crippen molar-refractivity contribution in [2.45, 2.75) is 102 Å². The van der Waals surface area contributed by atoms with Crippen molar-refractivity contribution in [2.24, 2.45) is 23.2 Å². The van der Waals surface area contributed by atoms with Gasteiger partial charge in [0, 0.05) is 13.0 Å². The van der Waals surface area contributed by atoms with Gasteiger partial charge < -0.3 is 24.3 Å². The lowest BCUT2D eigenvalue weighted by molar-refractivity contribution is -0.145. The average Bonchev–Trinajstić information content (AvgIpc) is 3.74. The molecule has 3 saturated carbocycles. The van der Waals surface area contributed by atoms with E-state index in [4.69, 9.17) is 18.9 Å². The summed E-state index contributed by atoms with van der Waals surface area (Å²) < 4.78 is 23.1. The zero-order valence-electron chi connectivity index (χ0n) is 21.6. The fourth-order valence-electron chi connectivity index (χ4n) is 6.87. The molecule has 0 aromatic heterocycles. The average molecular weight is 478 g/mol. The molecule has 4 fully saturated rings. The summed E-state index contributed by atoms with van der Waals surface area (Å²) in [4.78, 5) is 25.5. The molecule has 0 unspecified atom stereocenters. The number of hydrogen-bond donors (Lipinski definition) is 1. The minimum Gasteiger partial charge on any atom is -0.467 e. The molecule has 1 aliphatic heterocycles. The van der Waals surface area contributed by atoms with Gasteiger partial charge in [-0.05, 0) is 69.6 Å². The van der Waals surface area contributed by atoms with Gasteiger partial charge in [-0.3, -0.25) is 0 Å². The lowest BCUT2D eigenvalue weighted by Gasteiger charge is -2.44. The van der Waals surface area contributed by atoms with Gasteiger partial charge in [-0.25, -0.2) is 9.59 Å². The minimum atomic E-state index is -0.661. The van der Waals surface area contributed by atoms with Crippen molar-refractivity contribution in [1.29, 1.82) is 0 Å². The highest BCUT2D eigenvalue weighted by Crippen LogP contribution is 2.68. The Morgan fingerprint density at radius 2 is 1.85 bits per heavy atom. The van der Waals surface area contributed by atoms with E-state index in [1.807, 2.05) is 0 Å². The number of epoxide rings is 1. The maximum absolute atomic E-state index is 13.0. The van der Waals surface area contributed by atoms with Crippen molar-refractivity contribution in [3.8, 4) is 0 Å². The summed E-state index contributed by atoms with van der Waals surface area (Å²) in [6, 6.07) is -0.661. The number of rotatable bonds is 8. The first-order valence-corrected chi connectivity index (χ1v) is 13.1. The van der Waals surface area contributed by atoms with Gasteiger partial charge in [-0.2, -0.15) is 0 Å². The number of alkyl carbamates (subject to hydrolysis) is 1. The first-order chi connectivity index (χ1) is 16.2. The van der Waals surface area contributed by atoms with E-state index >= 15 is 0 Å². The Morgan fingerprint density at radius 3 is 2.44 bits per heavy atom. The fourth-order valence-corrected chi connectivity index (χ4v) is 6.87. The van der Waals surface area contributed by atoms with Crippen molar-refractivity contribution in [3.05, 3.63) is 11.6 Å². The molecule has 0 aromatic carbocycles. The van der Waals surface area contributed by atoms with Crippen LogP contribution >= 0.6 is 0 Å². The number of esters is 1. The zero-order valence-corrected chi connectivity index (χ0v) is 21.6. The second kappa shape index (κ2) is 10.2. The summed E-state index contributed by atoms with van der Waals surface area (Å²) in [6.07, 6.45) is 10.1. The van der Waals surface area contributed by atoms with E-state index in [-0.39, 0.29) is 35.1 Å². The lowest BCUT2D eigenvalue weighted by Crippen LogP contribution is -2.55. The third-order valence-corrected chi connectivity index (χ3v) is 8.99. The molecule has 192 valence electrons. The van der Waals surface area contributed by atoms with Gasteiger partial charge in [0.05, 0.1) is 19.3 Å². The van der Waals surface area contributed by atoms with E-state index in [1.165, 1.54) is 19.1 Å². The molecule has 1 heterocycles. The van der Waals surface area contributed by atoms with Crippen molar-refractivity contribution in [1.82, 2.24) is 5.32 Å². The minimum absolute atomic E-state index is 0.0930. The molecule has 0 radical (unpaired) electrons. The molecule has 0 bridgehead atoms. The van der Waals surface area contributed by atoms with Crippen LogP contribution in [-0.2, 0) is 23.7 Å². The standard InChI is InChI=1S/C27H43NO6/c1-17(2)11-12-19-15-26(19,3)23-22(31-4)20(13-14-27(23)16-33-27)34-25(30)28-21(24(29)32-5)18-9-7-6-8-10-18/h11,18-23H,6-10,12-16H2,1-5H3,(H,28,30)/t19-,20+,21+,22+,23+,26-,27-/m0/s1. The Hall–Kier alpha value is -1.60. The van der Waals surface area contributed by atoms with Crippen molar-refractivity contribution < 1.29 is 28.5 Å². The summed E-state index contributed by atoms with van der Waals surface area (Å²) in [6.45, 7) is 7.38. The van der Waals surface area contributed by atoms with Crippen LogP contribution in [0.2, 0.25) is 0 Å².